The normalized spacial score (nSPS) is 17.7. The Labute approximate surface area is 187 Å². The molecule has 0 amide bonds. The number of thiophene rings is 1. The van der Waals surface area contributed by atoms with Gasteiger partial charge in [0.15, 0.2) is 0 Å². The van der Waals surface area contributed by atoms with Crippen molar-refractivity contribution in [2.24, 2.45) is 0 Å². The molecule has 1 aliphatic heterocycles. The van der Waals surface area contributed by atoms with Gasteiger partial charge in [-0.25, -0.2) is 4.98 Å². The number of aryl methyl sites for hydroxylation is 1. The molecule has 2 aromatic heterocycles. The number of fused-ring (bicyclic) bond motifs is 1. The van der Waals surface area contributed by atoms with Gasteiger partial charge in [-0.2, -0.15) is 0 Å². The van der Waals surface area contributed by atoms with Crippen LogP contribution in [-0.2, 0) is 6.42 Å². The van der Waals surface area contributed by atoms with E-state index in [-0.39, 0.29) is 11.7 Å². The van der Waals surface area contributed by atoms with Crippen LogP contribution in [0.1, 0.15) is 37.5 Å². The van der Waals surface area contributed by atoms with Crippen molar-refractivity contribution in [1.29, 1.82) is 0 Å². The maximum Gasteiger partial charge on any atom is 0.275 e. The summed E-state index contributed by atoms with van der Waals surface area (Å²) in [7, 11) is 4.27. The Hall–Kier alpha value is -2.22. The molecule has 1 N–H and O–H groups in total. The number of anilines is 1. The Morgan fingerprint density at radius 3 is 2.65 bits per heavy atom. The van der Waals surface area contributed by atoms with Crippen LogP contribution in [0.3, 0.4) is 0 Å². The second-order valence-corrected chi connectivity index (χ2v) is 9.83. The van der Waals surface area contributed by atoms with Gasteiger partial charge in [-0.05, 0) is 70.1 Å². The highest BCUT2D eigenvalue weighted by Crippen LogP contribution is 2.25. The van der Waals surface area contributed by atoms with Gasteiger partial charge in [-0.15, -0.1) is 11.3 Å². The molecular weight excluding hydrogens is 408 g/mol. The second kappa shape index (κ2) is 9.51. The van der Waals surface area contributed by atoms with E-state index in [9.17, 15) is 9.90 Å². The van der Waals surface area contributed by atoms with Crippen molar-refractivity contribution in [3.05, 3.63) is 51.9 Å². The molecule has 0 saturated carbocycles. The smallest absolute Gasteiger partial charge is 0.275 e. The van der Waals surface area contributed by atoms with Crippen molar-refractivity contribution in [3.63, 3.8) is 0 Å². The summed E-state index contributed by atoms with van der Waals surface area (Å²) in [4.78, 5) is 23.4. The van der Waals surface area contributed by atoms with Gasteiger partial charge in [0.05, 0.1) is 17.3 Å². The number of benzene rings is 1. The topological polar surface area (TPSA) is 61.6 Å². The molecule has 0 spiro atoms. The molecule has 7 heteroatoms. The SMILES string of the molecule is CCCC(O)CCc1cc2ncn(-c3ccc(N4CC[C@@H](N(C)C)C4)cc3)c(=O)c2s1. The van der Waals surface area contributed by atoms with E-state index in [1.54, 1.807) is 10.9 Å². The molecule has 1 saturated heterocycles. The fraction of sp³-hybridized carbons (Fsp3) is 0.500. The molecule has 1 fully saturated rings. The van der Waals surface area contributed by atoms with Gasteiger partial charge in [0.1, 0.15) is 11.0 Å². The van der Waals surface area contributed by atoms with Crippen LogP contribution in [0.2, 0.25) is 0 Å². The van der Waals surface area contributed by atoms with E-state index >= 15 is 0 Å². The van der Waals surface area contributed by atoms with Gasteiger partial charge in [0.25, 0.3) is 5.56 Å². The molecule has 0 aliphatic carbocycles. The summed E-state index contributed by atoms with van der Waals surface area (Å²) in [5.74, 6) is 0. The zero-order valence-electron chi connectivity index (χ0n) is 18.6. The van der Waals surface area contributed by atoms with Crippen LogP contribution < -0.4 is 10.5 Å². The van der Waals surface area contributed by atoms with Crippen LogP contribution in [0, 0.1) is 0 Å². The molecule has 6 nitrogen and oxygen atoms in total. The number of nitrogens with zero attached hydrogens (tertiary/aromatic N) is 4. The third-order valence-corrected chi connectivity index (χ3v) is 7.39. The van der Waals surface area contributed by atoms with Crippen molar-refractivity contribution in [2.45, 2.75) is 51.2 Å². The maximum absolute atomic E-state index is 13.1. The number of hydrogen-bond acceptors (Lipinski definition) is 6. The lowest BCUT2D eigenvalue weighted by molar-refractivity contribution is 0.154. The number of rotatable bonds is 8. The van der Waals surface area contributed by atoms with E-state index in [1.807, 2.05) is 18.2 Å². The van der Waals surface area contributed by atoms with Gasteiger partial charge < -0.3 is 14.9 Å². The summed E-state index contributed by atoms with van der Waals surface area (Å²) in [6, 6.07) is 10.8. The zero-order valence-corrected chi connectivity index (χ0v) is 19.4. The van der Waals surface area contributed by atoms with E-state index in [4.69, 9.17) is 0 Å². The molecular formula is C24H32N4O2S. The average molecular weight is 441 g/mol. The van der Waals surface area contributed by atoms with E-state index in [0.29, 0.717) is 10.7 Å². The Balaban J connectivity index is 1.51. The highest BCUT2D eigenvalue weighted by Gasteiger charge is 2.24. The molecule has 2 atom stereocenters. The monoisotopic (exact) mass is 440 g/mol. The summed E-state index contributed by atoms with van der Waals surface area (Å²) in [6.07, 6.45) is 5.82. The van der Waals surface area contributed by atoms with E-state index < -0.39 is 0 Å². The minimum atomic E-state index is -0.276. The highest BCUT2D eigenvalue weighted by atomic mass is 32.1. The number of aromatic nitrogens is 2. The van der Waals surface area contributed by atoms with Gasteiger partial charge in [-0.1, -0.05) is 13.3 Å². The third-order valence-electron chi connectivity index (χ3n) is 6.22. The molecule has 1 aromatic carbocycles. The van der Waals surface area contributed by atoms with Crippen molar-refractivity contribution in [3.8, 4) is 5.69 Å². The highest BCUT2D eigenvalue weighted by molar-refractivity contribution is 7.18. The molecule has 1 aliphatic rings. The van der Waals surface area contributed by atoms with Crippen LogP contribution in [-0.4, -0.2) is 58.9 Å². The number of likely N-dealkylation sites (N-methyl/N-ethyl adjacent to an activating group) is 1. The van der Waals surface area contributed by atoms with Crippen molar-refractivity contribution >= 4 is 27.2 Å². The Bertz CT molecular complexity index is 1070. The van der Waals surface area contributed by atoms with Crippen molar-refractivity contribution in [1.82, 2.24) is 14.5 Å². The van der Waals surface area contributed by atoms with E-state index in [0.717, 1.165) is 54.9 Å². The van der Waals surface area contributed by atoms with E-state index in [2.05, 4.69) is 47.9 Å². The maximum atomic E-state index is 13.1. The van der Waals surface area contributed by atoms with Crippen molar-refractivity contribution in [2.75, 3.05) is 32.1 Å². The fourth-order valence-corrected chi connectivity index (χ4v) is 5.33. The first-order valence-corrected chi connectivity index (χ1v) is 12.0. The quantitative estimate of drug-likeness (QED) is 0.579. The fourth-order valence-electron chi connectivity index (χ4n) is 4.28. The predicted molar refractivity (Wildman–Crippen MR) is 129 cm³/mol. The lowest BCUT2D eigenvalue weighted by Gasteiger charge is -2.22. The van der Waals surface area contributed by atoms with Gasteiger partial charge in [0.2, 0.25) is 0 Å². The van der Waals surface area contributed by atoms with Crippen LogP contribution in [0.25, 0.3) is 15.9 Å². The van der Waals surface area contributed by atoms with Gasteiger partial charge in [0, 0.05) is 29.7 Å². The Kier molecular flexibility index (Phi) is 6.74. The average Bonchev–Trinajstić information content (AvgIpc) is 3.41. The lowest BCUT2D eigenvalue weighted by Crippen LogP contribution is -2.31. The summed E-state index contributed by atoms with van der Waals surface area (Å²) >= 11 is 1.50. The van der Waals surface area contributed by atoms with E-state index in [1.165, 1.54) is 23.4 Å². The number of aliphatic hydroxyl groups excluding tert-OH is 1. The molecule has 3 aromatic rings. The minimum Gasteiger partial charge on any atom is -0.393 e. The standard InChI is InChI=1S/C24H32N4O2S/c1-4-5-20(29)10-11-21-14-22-23(31-21)24(30)28(16-25-22)18-8-6-17(7-9-18)27-13-12-19(15-27)26(2)3/h6-9,14,16,19-20,29H,4-5,10-13,15H2,1-3H3/t19-,20?/m1/s1. The summed E-state index contributed by atoms with van der Waals surface area (Å²) in [6.45, 7) is 4.17. The molecule has 166 valence electrons. The summed E-state index contributed by atoms with van der Waals surface area (Å²) < 4.78 is 2.31. The van der Waals surface area contributed by atoms with Gasteiger partial charge >= 0.3 is 0 Å². The Morgan fingerprint density at radius 2 is 1.97 bits per heavy atom. The molecule has 3 heterocycles. The first kappa shape index (κ1) is 22.0. The molecule has 1 unspecified atom stereocenters. The summed E-state index contributed by atoms with van der Waals surface area (Å²) in [5, 5.41) is 9.99. The molecule has 31 heavy (non-hydrogen) atoms. The third kappa shape index (κ3) is 4.84. The zero-order chi connectivity index (χ0) is 22.0. The molecule has 0 radical (unpaired) electrons. The van der Waals surface area contributed by atoms with Crippen LogP contribution in [0.4, 0.5) is 5.69 Å². The van der Waals surface area contributed by atoms with Crippen molar-refractivity contribution < 1.29 is 5.11 Å². The van der Waals surface area contributed by atoms with Crippen LogP contribution >= 0.6 is 11.3 Å². The molecule has 4 rings (SSSR count). The Morgan fingerprint density at radius 1 is 1.23 bits per heavy atom. The summed E-state index contributed by atoms with van der Waals surface area (Å²) in [5.41, 5.74) is 2.74. The van der Waals surface area contributed by atoms with Crippen LogP contribution in [0.5, 0.6) is 0 Å². The number of hydrogen-bond donors (Lipinski definition) is 1. The first-order valence-electron chi connectivity index (χ1n) is 11.2. The predicted octanol–water partition coefficient (Wildman–Crippen LogP) is 3.68. The first-order chi connectivity index (χ1) is 15.0. The number of aliphatic hydroxyl groups is 1. The molecule has 0 bridgehead atoms. The minimum absolute atomic E-state index is 0.0306. The van der Waals surface area contributed by atoms with Crippen LogP contribution in [0.15, 0.2) is 41.5 Å². The lowest BCUT2D eigenvalue weighted by atomic mass is 10.1. The van der Waals surface area contributed by atoms with Gasteiger partial charge in [-0.3, -0.25) is 9.36 Å². The largest absolute Gasteiger partial charge is 0.393 e. The second-order valence-electron chi connectivity index (χ2n) is 8.70.